The van der Waals surface area contributed by atoms with Crippen LogP contribution in [-0.2, 0) is 5.75 Å². The van der Waals surface area contributed by atoms with E-state index in [0.29, 0.717) is 16.5 Å². The summed E-state index contributed by atoms with van der Waals surface area (Å²) in [7, 11) is 0. The highest BCUT2D eigenvalue weighted by Gasteiger charge is 2.09. The zero-order chi connectivity index (χ0) is 12.3. The molecule has 0 spiro atoms. The Morgan fingerprint density at radius 3 is 3.00 bits per heavy atom. The first-order valence-corrected chi connectivity index (χ1v) is 5.65. The molecule has 5 nitrogen and oxygen atoms in total. The Hall–Kier alpha value is -1.89. The van der Waals surface area contributed by atoms with E-state index in [-0.39, 0.29) is 5.56 Å². The summed E-state index contributed by atoms with van der Waals surface area (Å²) in [6.07, 6.45) is 1.35. The first-order valence-electron chi connectivity index (χ1n) is 4.66. The molecule has 2 rings (SSSR count). The van der Waals surface area contributed by atoms with Crippen LogP contribution in [0.2, 0.25) is 0 Å². The van der Waals surface area contributed by atoms with Gasteiger partial charge in [0.15, 0.2) is 5.16 Å². The number of aromatic amines is 1. The highest BCUT2D eigenvalue weighted by Crippen LogP contribution is 2.21. The molecule has 0 aliphatic rings. The maximum atomic E-state index is 13.4. The van der Waals surface area contributed by atoms with E-state index in [1.54, 1.807) is 0 Å². The fraction of sp³-hybridized carbons (Fsp3) is 0.100. The summed E-state index contributed by atoms with van der Waals surface area (Å²) in [6, 6.07) is 3.71. The van der Waals surface area contributed by atoms with Crippen molar-refractivity contribution >= 4 is 17.7 Å². The van der Waals surface area contributed by atoms with Gasteiger partial charge in [0.2, 0.25) is 0 Å². The molecular weight excluding hydrogens is 245 g/mol. The van der Waals surface area contributed by atoms with Crippen LogP contribution in [0.15, 0.2) is 29.7 Å². The first kappa shape index (κ1) is 11.6. The lowest BCUT2D eigenvalue weighted by atomic mass is 10.1. The Labute approximate surface area is 100 Å². The number of halogens is 1. The van der Waals surface area contributed by atoms with Crippen LogP contribution in [0.5, 0.6) is 0 Å². The van der Waals surface area contributed by atoms with Gasteiger partial charge in [-0.25, -0.2) is 14.2 Å². The quantitative estimate of drug-likeness (QED) is 0.814. The molecule has 17 heavy (non-hydrogen) atoms. The van der Waals surface area contributed by atoms with Crippen molar-refractivity contribution in [1.29, 1.82) is 0 Å². The zero-order valence-corrected chi connectivity index (χ0v) is 9.37. The molecule has 7 heteroatoms. The molecule has 1 heterocycles. The fourth-order valence-corrected chi connectivity index (χ4v) is 1.98. The highest BCUT2D eigenvalue weighted by molar-refractivity contribution is 7.98. The lowest BCUT2D eigenvalue weighted by molar-refractivity contribution is 0.0696. The van der Waals surface area contributed by atoms with Gasteiger partial charge in [0.25, 0.3) is 0 Å². The maximum Gasteiger partial charge on any atom is 0.335 e. The average molecular weight is 253 g/mol. The Bertz CT molecular complexity index is 530. The minimum Gasteiger partial charge on any atom is -0.478 e. The van der Waals surface area contributed by atoms with E-state index in [4.69, 9.17) is 5.11 Å². The lowest BCUT2D eigenvalue weighted by Gasteiger charge is -2.03. The second-order valence-electron chi connectivity index (χ2n) is 3.19. The van der Waals surface area contributed by atoms with Gasteiger partial charge in [-0.3, -0.25) is 5.10 Å². The van der Waals surface area contributed by atoms with Crippen LogP contribution in [-0.4, -0.2) is 26.3 Å². The van der Waals surface area contributed by atoms with Crippen LogP contribution < -0.4 is 0 Å². The van der Waals surface area contributed by atoms with Crippen LogP contribution in [0, 0.1) is 5.82 Å². The highest BCUT2D eigenvalue weighted by atomic mass is 32.2. The van der Waals surface area contributed by atoms with Crippen molar-refractivity contribution in [2.24, 2.45) is 0 Å². The lowest BCUT2D eigenvalue weighted by Crippen LogP contribution is -1.99. The number of aromatic carboxylic acids is 1. The SMILES string of the molecule is O=C(O)c1ccc(F)c(CSc2ncn[nH]2)c1. The van der Waals surface area contributed by atoms with Gasteiger partial charge in [0, 0.05) is 5.75 Å². The molecular formula is C10H8FN3O2S. The molecule has 2 aromatic rings. The third-order valence-electron chi connectivity index (χ3n) is 2.05. The van der Waals surface area contributed by atoms with E-state index in [2.05, 4.69) is 15.2 Å². The van der Waals surface area contributed by atoms with Gasteiger partial charge in [-0.15, -0.1) is 0 Å². The van der Waals surface area contributed by atoms with Gasteiger partial charge in [-0.05, 0) is 23.8 Å². The molecule has 0 aliphatic heterocycles. The smallest absolute Gasteiger partial charge is 0.335 e. The number of carboxylic acids is 1. The maximum absolute atomic E-state index is 13.4. The zero-order valence-electron chi connectivity index (χ0n) is 8.55. The van der Waals surface area contributed by atoms with E-state index >= 15 is 0 Å². The van der Waals surface area contributed by atoms with Crippen molar-refractivity contribution < 1.29 is 14.3 Å². The predicted octanol–water partition coefficient (Wildman–Crippen LogP) is 1.93. The second kappa shape index (κ2) is 4.96. The van der Waals surface area contributed by atoms with E-state index in [9.17, 15) is 9.18 Å². The van der Waals surface area contributed by atoms with Crippen LogP contribution in [0.4, 0.5) is 4.39 Å². The van der Waals surface area contributed by atoms with E-state index in [1.807, 2.05) is 0 Å². The number of nitrogens with one attached hydrogen (secondary N) is 1. The number of rotatable bonds is 4. The van der Waals surface area contributed by atoms with E-state index in [1.165, 1.54) is 30.2 Å². The van der Waals surface area contributed by atoms with Crippen molar-refractivity contribution in [2.45, 2.75) is 10.9 Å². The molecule has 2 N–H and O–H groups in total. The number of hydrogen-bond donors (Lipinski definition) is 2. The molecule has 0 aliphatic carbocycles. The molecule has 0 amide bonds. The van der Waals surface area contributed by atoms with Gasteiger partial charge in [-0.2, -0.15) is 5.10 Å². The average Bonchev–Trinajstić information content (AvgIpc) is 2.80. The molecule has 0 bridgehead atoms. The minimum absolute atomic E-state index is 0.0690. The number of benzene rings is 1. The monoisotopic (exact) mass is 253 g/mol. The Balaban J connectivity index is 2.14. The number of aromatic nitrogens is 3. The number of carbonyl (C=O) groups is 1. The van der Waals surface area contributed by atoms with Gasteiger partial charge in [-0.1, -0.05) is 11.8 Å². The van der Waals surface area contributed by atoms with E-state index in [0.717, 1.165) is 6.07 Å². The standard InChI is InChI=1S/C10H8FN3O2S/c11-8-2-1-6(9(15)16)3-7(8)4-17-10-12-5-13-14-10/h1-3,5H,4H2,(H,15,16)(H,12,13,14). The van der Waals surface area contributed by atoms with Crippen molar-refractivity contribution in [1.82, 2.24) is 15.2 Å². The summed E-state index contributed by atoms with van der Waals surface area (Å²) in [6.45, 7) is 0. The van der Waals surface area contributed by atoms with Crippen molar-refractivity contribution in [3.63, 3.8) is 0 Å². The molecule has 1 aromatic heterocycles. The molecule has 0 atom stereocenters. The summed E-state index contributed by atoms with van der Waals surface area (Å²) in [5.41, 5.74) is 0.394. The normalized spacial score (nSPS) is 10.4. The summed E-state index contributed by atoms with van der Waals surface area (Å²) in [4.78, 5) is 14.6. The van der Waals surface area contributed by atoms with Gasteiger partial charge < -0.3 is 5.11 Å². The summed E-state index contributed by atoms with van der Waals surface area (Å²) in [5, 5.41) is 15.6. The number of nitrogens with zero attached hydrogens (tertiary/aromatic N) is 2. The van der Waals surface area contributed by atoms with Gasteiger partial charge in [0.1, 0.15) is 12.1 Å². The summed E-state index contributed by atoms with van der Waals surface area (Å²) >= 11 is 1.25. The fourth-order valence-electron chi connectivity index (χ4n) is 1.23. The van der Waals surface area contributed by atoms with Gasteiger partial charge in [0.05, 0.1) is 5.56 Å². The van der Waals surface area contributed by atoms with Crippen molar-refractivity contribution in [3.8, 4) is 0 Å². The number of hydrogen-bond acceptors (Lipinski definition) is 4. The number of H-pyrrole nitrogens is 1. The molecule has 88 valence electrons. The first-order chi connectivity index (χ1) is 8.16. The molecule has 0 saturated carbocycles. The van der Waals surface area contributed by atoms with Crippen molar-refractivity contribution in [3.05, 3.63) is 41.5 Å². The third kappa shape index (κ3) is 2.82. The Kier molecular flexibility index (Phi) is 3.38. The number of thioether (sulfide) groups is 1. The Morgan fingerprint density at radius 2 is 2.35 bits per heavy atom. The summed E-state index contributed by atoms with van der Waals surface area (Å²) in [5.74, 6) is -1.21. The molecule has 0 fully saturated rings. The predicted molar refractivity (Wildman–Crippen MR) is 59.3 cm³/mol. The summed E-state index contributed by atoms with van der Waals surface area (Å²) < 4.78 is 13.4. The Morgan fingerprint density at radius 1 is 1.53 bits per heavy atom. The second-order valence-corrected chi connectivity index (χ2v) is 4.15. The van der Waals surface area contributed by atoms with Crippen LogP contribution in [0.3, 0.4) is 0 Å². The number of carboxylic acid groups (broad SMARTS) is 1. The third-order valence-corrected chi connectivity index (χ3v) is 2.98. The molecule has 0 unspecified atom stereocenters. The van der Waals surface area contributed by atoms with Crippen LogP contribution >= 0.6 is 11.8 Å². The van der Waals surface area contributed by atoms with Gasteiger partial charge >= 0.3 is 5.97 Å². The van der Waals surface area contributed by atoms with E-state index < -0.39 is 11.8 Å². The molecule has 1 aromatic carbocycles. The minimum atomic E-state index is -1.07. The molecule has 0 radical (unpaired) electrons. The molecule has 0 saturated heterocycles. The van der Waals surface area contributed by atoms with Crippen LogP contribution in [0.25, 0.3) is 0 Å². The van der Waals surface area contributed by atoms with Crippen molar-refractivity contribution in [2.75, 3.05) is 0 Å². The largest absolute Gasteiger partial charge is 0.478 e. The van der Waals surface area contributed by atoms with Crippen LogP contribution in [0.1, 0.15) is 15.9 Å². The topological polar surface area (TPSA) is 78.9 Å².